The molecule has 0 aliphatic carbocycles. The summed E-state index contributed by atoms with van der Waals surface area (Å²) in [6, 6.07) is 5.17. The number of amides is 2. The molecule has 0 radical (unpaired) electrons. The van der Waals surface area contributed by atoms with Gasteiger partial charge in [0.2, 0.25) is 5.91 Å². The smallest absolute Gasteiger partial charge is 0.273 e. The first-order valence-corrected chi connectivity index (χ1v) is 6.22. The number of hydrogen-bond acceptors (Lipinski definition) is 6. The lowest BCUT2D eigenvalue weighted by atomic mass is 10.3. The zero-order valence-corrected chi connectivity index (χ0v) is 10.5. The predicted molar refractivity (Wildman–Crippen MR) is 67.4 cm³/mol. The number of nitrogens with two attached hydrogens (primary N) is 1. The Morgan fingerprint density at radius 2 is 2.37 bits per heavy atom. The van der Waals surface area contributed by atoms with Crippen molar-refractivity contribution in [2.75, 3.05) is 6.54 Å². The molecule has 0 aromatic carbocycles. The molecule has 1 unspecified atom stereocenters. The van der Waals surface area contributed by atoms with E-state index in [4.69, 9.17) is 15.4 Å². The van der Waals surface area contributed by atoms with E-state index in [9.17, 15) is 9.59 Å². The minimum Gasteiger partial charge on any atom is -0.381 e. The maximum Gasteiger partial charge on any atom is 0.273 e. The van der Waals surface area contributed by atoms with Gasteiger partial charge < -0.3 is 20.7 Å². The Kier molecular flexibility index (Phi) is 3.93. The van der Waals surface area contributed by atoms with Crippen molar-refractivity contribution in [3.63, 3.8) is 0 Å². The van der Waals surface area contributed by atoms with Gasteiger partial charge in [-0.05, 0) is 11.4 Å². The van der Waals surface area contributed by atoms with Gasteiger partial charge >= 0.3 is 0 Å². The second kappa shape index (κ2) is 5.63. The largest absolute Gasteiger partial charge is 0.381 e. The van der Waals surface area contributed by atoms with Crippen LogP contribution in [-0.2, 0) is 4.79 Å². The summed E-state index contributed by atoms with van der Waals surface area (Å²) in [6.07, 6.45) is -1.42. The number of primary amides is 1. The molecule has 7 nitrogen and oxygen atoms in total. The standard InChI is InChI=1S/C11H11N3O4S/c12-10(16)7(15)5-13-11(17)6-4-8(18-14-6)9-2-1-3-19-9/h1-4,7,15H,5H2,(H2,12,16)(H,13,17). The fourth-order valence-corrected chi connectivity index (χ4v) is 1.97. The van der Waals surface area contributed by atoms with Crippen LogP contribution in [0.2, 0.25) is 0 Å². The minimum atomic E-state index is -1.42. The highest BCUT2D eigenvalue weighted by molar-refractivity contribution is 7.13. The molecule has 8 heteroatoms. The zero-order chi connectivity index (χ0) is 13.8. The Labute approximate surface area is 112 Å². The van der Waals surface area contributed by atoms with Crippen LogP contribution >= 0.6 is 11.3 Å². The number of nitrogens with zero attached hydrogens (tertiary/aromatic N) is 1. The van der Waals surface area contributed by atoms with Crippen LogP contribution in [0, 0.1) is 0 Å². The van der Waals surface area contributed by atoms with Crippen molar-refractivity contribution in [2.45, 2.75) is 6.10 Å². The molecule has 2 aromatic heterocycles. The highest BCUT2D eigenvalue weighted by Gasteiger charge is 2.17. The summed E-state index contributed by atoms with van der Waals surface area (Å²) in [5.41, 5.74) is 4.93. The molecule has 4 N–H and O–H groups in total. The lowest BCUT2D eigenvalue weighted by Crippen LogP contribution is -2.40. The van der Waals surface area contributed by atoms with Crippen LogP contribution in [0.4, 0.5) is 0 Å². The third kappa shape index (κ3) is 3.18. The SMILES string of the molecule is NC(=O)C(O)CNC(=O)c1cc(-c2cccs2)on1. The van der Waals surface area contributed by atoms with E-state index in [0.29, 0.717) is 5.76 Å². The molecule has 0 saturated carbocycles. The van der Waals surface area contributed by atoms with Crippen LogP contribution in [0.15, 0.2) is 28.1 Å². The second-order valence-corrected chi connectivity index (χ2v) is 4.63. The molecule has 0 fully saturated rings. The average molecular weight is 281 g/mol. The molecule has 1 atom stereocenters. The van der Waals surface area contributed by atoms with Gasteiger partial charge in [-0.1, -0.05) is 11.2 Å². The quantitative estimate of drug-likeness (QED) is 0.711. The Bertz CT molecular complexity index is 579. The molecule has 0 bridgehead atoms. The number of carbonyl (C=O) groups is 2. The van der Waals surface area contributed by atoms with Crippen molar-refractivity contribution in [1.29, 1.82) is 0 Å². The first-order valence-electron chi connectivity index (χ1n) is 5.34. The van der Waals surface area contributed by atoms with Crippen LogP contribution < -0.4 is 11.1 Å². The minimum absolute atomic E-state index is 0.0695. The van der Waals surface area contributed by atoms with Gasteiger partial charge in [-0.2, -0.15) is 0 Å². The van der Waals surface area contributed by atoms with E-state index in [0.717, 1.165) is 4.88 Å². The monoisotopic (exact) mass is 281 g/mol. The van der Waals surface area contributed by atoms with E-state index in [1.165, 1.54) is 17.4 Å². The number of nitrogens with one attached hydrogen (secondary N) is 1. The number of rotatable bonds is 5. The highest BCUT2D eigenvalue weighted by Crippen LogP contribution is 2.24. The molecule has 2 rings (SSSR count). The third-order valence-electron chi connectivity index (χ3n) is 2.29. The maximum atomic E-state index is 11.7. The number of hydrogen-bond donors (Lipinski definition) is 3. The maximum absolute atomic E-state index is 11.7. The Balaban J connectivity index is 1.99. The van der Waals surface area contributed by atoms with Crippen molar-refractivity contribution in [3.05, 3.63) is 29.3 Å². The molecular weight excluding hydrogens is 270 g/mol. The Hall–Kier alpha value is -2.19. The molecule has 2 amide bonds. The van der Waals surface area contributed by atoms with Crippen molar-refractivity contribution >= 4 is 23.2 Å². The van der Waals surface area contributed by atoms with Gasteiger partial charge in [-0.25, -0.2) is 0 Å². The predicted octanol–water partition coefficient (Wildman–Crippen LogP) is -0.0209. The number of aromatic nitrogens is 1. The van der Waals surface area contributed by atoms with Crippen LogP contribution in [0.3, 0.4) is 0 Å². The van der Waals surface area contributed by atoms with Gasteiger partial charge in [0.1, 0.15) is 6.10 Å². The lowest BCUT2D eigenvalue weighted by Gasteiger charge is -2.06. The molecule has 19 heavy (non-hydrogen) atoms. The molecule has 0 spiro atoms. The van der Waals surface area contributed by atoms with Gasteiger partial charge in [0.05, 0.1) is 11.4 Å². The molecule has 2 heterocycles. The lowest BCUT2D eigenvalue weighted by molar-refractivity contribution is -0.125. The van der Waals surface area contributed by atoms with Crippen LogP contribution in [0.5, 0.6) is 0 Å². The van der Waals surface area contributed by atoms with E-state index in [2.05, 4.69) is 10.5 Å². The topological polar surface area (TPSA) is 118 Å². The van der Waals surface area contributed by atoms with Gasteiger partial charge in [0, 0.05) is 6.07 Å². The first kappa shape index (κ1) is 13.2. The number of carbonyl (C=O) groups excluding carboxylic acids is 2. The molecule has 0 saturated heterocycles. The number of aliphatic hydroxyl groups is 1. The third-order valence-corrected chi connectivity index (χ3v) is 3.18. The zero-order valence-electron chi connectivity index (χ0n) is 9.70. The Morgan fingerprint density at radius 1 is 1.58 bits per heavy atom. The van der Waals surface area contributed by atoms with Crippen LogP contribution in [-0.4, -0.2) is 34.7 Å². The van der Waals surface area contributed by atoms with E-state index in [1.54, 1.807) is 0 Å². The molecule has 0 aliphatic heterocycles. The molecule has 0 aliphatic rings. The summed E-state index contributed by atoms with van der Waals surface area (Å²) >= 11 is 1.46. The average Bonchev–Trinajstić information content (AvgIpc) is 3.04. The number of thiophene rings is 1. The van der Waals surface area contributed by atoms with Gasteiger partial charge in [0.25, 0.3) is 5.91 Å². The van der Waals surface area contributed by atoms with Gasteiger partial charge in [0.15, 0.2) is 11.5 Å². The summed E-state index contributed by atoms with van der Waals surface area (Å²) in [7, 11) is 0. The van der Waals surface area contributed by atoms with E-state index in [1.807, 2.05) is 17.5 Å². The van der Waals surface area contributed by atoms with Gasteiger partial charge in [-0.3, -0.25) is 9.59 Å². The summed E-state index contributed by atoms with van der Waals surface area (Å²) < 4.78 is 5.03. The van der Waals surface area contributed by atoms with Crippen molar-refractivity contribution in [1.82, 2.24) is 10.5 Å². The number of aliphatic hydroxyl groups excluding tert-OH is 1. The summed E-state index contributed by atoms with van der Waals surface area (Å²) in [5, 5.41) is 17.0. The fourth-order valence-electron chi connectivity index (χ4n) is 1.30. The Morgan fingerprint density at radius 3 is 3.00 bits per heavy atom. The van der Waals surface area contributed by atoms with E-state index >= 15 is 0 Å². The van der Waals surface area contributed by atoms with Gasteiger partial charge in [-0.15, -0.1) is 11.3 Å². The summed E-state index contributed by atoms with van der Waals surface area (Å²) in [6.45, 7) is -0.268. The van der Waals surface area contributed by atoms with Crippen molar-refractivity contribution in [2.24, 2.45) is 5.73 Å². The summed E-state index contributed by atoms with van der Waals surface area (Å²) in [5.74, 6) is -0.970. The highest BCUT2D eigenvalue weighted by atomic mass is 32.1. The fraction of sp³-hybridized carbons (Fsp3) is 0.182. The van der Waals surface area contributed by atoms with E-state index in [-0.39, 0.29) is 12.2 Å². The molecule has 100 valence electrons. The molecular formula is C11H11N3O4S. The van der Waals surface area contributed by atoms with E-state index < -0.39 is 17.9 Å². The summed E-state index contributed by atoms with van der Waals surface area (Å²) in [4.78, 5) is 23.1. The van der Waals surface area contributed by atoms with Crippen molar-refractivity contribution < 1.29 is 19.2 Å². The second-order valence-electron chi connectivity index (χ2n) is 3.68. The van der Waals surface area contributed by atoms with Crippen molar-refractivity contribution in [3.8, 4) is 10.6 Å². The molecule has 2 aromatic rings. The van der Waals surface area contributed by atoms with Crippen LogP contribution in [0.25, 0.3) is 10.6 Å². The first-order chi connectivity index (χ1) is 9.08. The van der Waals surface area contributed by atoms with Crippen LogP contribution in [0.1, 0.15) is 10.5 Å². The normalized spacial score (nSPS) is 12.1.